The number of primary amides is 1. The Hall–Kier alpha value is -5.89. The third kappa shape index (κ3) is 77.9. The quantitative estimate of drug-likeness (QED) is 0.00885. The molecule has 2 unspecified atom stereocenters. The van der Waals surface area contributed by atoms with Gasteiger partial charge in [0.15, 0.2) is 11.5 Å². The molecule has 1 aliphatic carbocycles. The number of aryl methyl sites for hydroxylation is 7. The van der Waals surface area contributed by atoms with Crippen LogP contribution in [0.3, 0.4) is 0 Å². The fourth-order valence-corrected chi connectivity index (χ4v) is 12.0. The number of hydrogen-bond acceptors (Lipinski definition) is 19. The van der Waals surface area contributed by atoms with Gasteiger partial charge in [0.05, 0.1) is 66.1 Å². The number of nitrogens with two attached hydrogens (primary N) is 1. The maximum atomic E-state index is 10.9. The maximum absolute atomic E-state index is 10.9. The molecule has 0 spiro atoms. The molecular formula is C78H113F18N5O12P3S3-3. The number of carbonyl (C=O) groups excluding carboxylic acids is 1. The number of methoxy groups -OCH3 is 2. The monoisotopic (exact) mass is 1840 g/mol. The molecule has 6 aromatic carbocycles. The first-order valence-electron chi connectivity index (χ1n) is 37.0. The number of allylic oxidation sites excluding steroid dienone is 2. The molecular weight excluding hydrogens is 1730 g/mol. The molecule has 6 aromatic rings. The molecule has 0 saturated carbocycles. The van der Waals surface area contributed by atoms with E-state index in [2.05, 4.69) is 190 Å². The maximum Gasteiger partial charge on any atom is 0.404 e. The predicted octanol–water partition coefficient (Wildman–Crippen LogP) is 23.9. The van der Waals surface area contributed by atoms with E-state index in [-0.39, 0.29) is 18.8 Å². The van der Waals surface area contributed by atoms with Crippen LogP contribution >= 0.6 is 57.6 Å². The molecule has 2 atom stereocenters. The van der Waals surface area contributed by atoms with Crippen LogP contribution in [0.25, 0.3) is 0 Å². The summed E-state index contributed by atoms with van der Waals surface area (Å²) in [4.78, 5) is 10.9. The Labute approximate surface area is 698 Å². The van der Waals surface area contributed by atoms with Gasteiger partial charge in [0.25, 0.3) is 0 Å². The van der Waals surface area contributed by atoms with Gasteiger partial charge >= 0.3 is 105 Å². The van der Waals surface area contributed by atoms with Gasteiger partial charge in [0.1, 0.15) is 38.8 Å². The van der Waals surface area contributed by atoms with E-state index < -0.39 is 29.5 Å². The summed E-state index contributed by atoms with van der Waals surface area (Å²) in [6.45, 7) is 29.3. The SMILES string of the molecule is CCOC.COCNc1ccc(Cc2ccc(C)cc2)cc1.Cc1cc(C)cc(CNCCS)c1.Cc1cc(C)cc(CNCCSSCCNCc2cc(C)cc(C)c2)c1.F[P-](F)(F)(F)(F)F.F[P-](F)(F)(F)(F)F.F[P-](F)(F)(F)(F)F.NC(=O)OCc1ccc2c(c1)OCCOCCOCCOC1C=CC=CC1OCCOCCOCCO2. The fourth-order valence-electron chi connectivity index (χ4n) is 9.92. The molecule has 0 aromatic heterocycles. The van der Waals surface area contributed by atoms with Crippen LogP contribution in [0.2, 0.25) is 0 Å². The van der Waals surface area contributed by atoms with Crippen LogP contribution in [0.4, 0.5) is 86.0 Å². The van der Waals surface area contributed by atoms with E-state index in [1.54, 1.807) is 32.4 Å². The number of halogens is 18. The third-order valence-electron chi connectivity index (χ3n) is 14.3. The molecule has 41 heteroatoms. The number of amides is 1. The van der Waals surface area contributed by atoms with Crippen molar-refractivity contribution in [2.24, 2.45) is 5.73 Å². The summed E-state index contributed by atoms with van der Waals surface area (Å²) in [6.07, 6.45) is 7.65. The number of ether oxygens (including phenoxy) is 11. The number of carbonyl (C=O) groups is 1. The first-order valence-corrected chi connectivity index (χ1v) is 46.2. The molecule has 119 heavy (non-hydrogen) atoms. The van der Waals surface area contributed by atoms with Crippen LogP contribution in [0.15, 0.2) is 146 Å². The molecule has 0 saturated heterocycles. The van der Waals surface area contributed by atoms with Gasteiger partial charge in [-0.1, -0.05) is 182 Å². The van der Waals surface area contributed by atoms with Gasteiger partial charge in [0, 0.05) is 83.0 Å². The average molecular weight is 1840 g/mol. The van der Waals surface area contributed by atoms with Gasteiger partial charge in [0.2, 0.25) is 0 Å². The molecule has 0 fully saturated rings. The fraction of sp³-hybridized carbons (Fsp3) is 0.474. The Balaban J connectivity index is 0.000000752. The first-order chi connectivity index (χ1) is 55.0. The van der Waals surface area contributed by atoms with Crippen molar-refractivity contribution in [3.8, 4) is 11.5 Å². The third-order valence-corrected chi connectivity index (χ3v) is 17.0. The number of fused-ring (bicyclic) bond motifs is 2. The van der Waals surface area contributed by atoms with Crippen LogP contribution < -0.4 is 36.5 Å². The van der Waals surface area contributed by atoms with E-state index >= 15 is 0 Å². The van der Waals surface area contributed by atoms with Crippen LogP contribution in [0, 0.1) is 48.5 Å². The summed E-state index contributed by atoms with van der Waals surface area (Å²) in [7, 11) is -24.7. The minimum Gasteiger partial charge on any atom is -0.487 e. The molecule has 6 N–H and O–H groups in total. The van der Waals surface area contributed by atoms with E-state index in [0.29, 0.717) is 103 Å². The summed E-state index contributed by atoms with van der Waals surface area (Å²) in [5.41, 5.74) is 23.0. The molecule has 2 aliphatic rings. The van der Waals surface area contributed by atoms with E-state index in [0.717, 1.165) is 75.2 Å². The zero-order valence-corrected chi connectivity index (χ0v) is 73.3. The van der Waals surface area contributed by atoms with Crippen LogP contribution in [0.1, 0.15) is 79.2 Å². The second-order valence-electron chi connectivity index (χ2n) is 26.3. The molecule has 1 amide bonds. The molecule has 684 valence electrons. The van der Waals surface area contributed by atoms with Crippen molar-refractivity contribution in [1.29, 1.82) is 0 Å². The number of benzene rings is 6. The van der Waals surface area contributed by atoms with Crippen molar-refractivity contribution in [2.45, 2.75) is 100 Å². The first kappa shape index (κ1) is 111. The molecule has 8 rings (SSSR count). The predicted molar refractivity (Wildman–Crippen MR) is 449 cm³/mol. The van der Waals surface area contributed by atoms with Crippen molar-refractivity contribution in [3.63, 3.8) is 0 Å². The molecule has 17 nitrogen and oxygen atoms in total. The standard InChI is InChI=1S/C26H37NO10.C22H32N2S2.C16H19NO.C11H17NS.C3H8O.3F6P/c27-26(28)37-20-21-5-6-24-25(19-21)36-18-14-32-10-9-30-12-16-34-23-4-2-1-3-22(23)33-15-11-29-7-8-31-13-17-35-24;1-17-9-18(2)12-21(11-17)15-23-5-7-25-26-8-6-24-16-22-13-19(3)10-20(4)14-22;1-13-3-5-14(6-4-13)11-15-7-9-16(10-8-15)17-12-18-2;1-9-5-10(2)7-11(6-9)8-12-3-4-13;1-3-4-2;3*1-7(2,3,4,5)6/h1-6,19,22-23H,7-18,20H2,(H2,27,28);9-14,23-24H,5-8,15-16H2,1-4H3;3-10,17H,11-12H2,1-2H3;5-7,12-13H,3-4,8H2,1-2H3;3H2,1-2H3;;;/q;;;;;3*-1. The number of anilines is 1. The van der Waals surface area contributed by atoms with Crippen molar-refractivity contribution in [2.75, 3.05) is 149 Å². The van der Waals surface area contributed by atoms with Crippen LogP contribution in [0.5, 0.6) is 11.5 Å². The van der Waals surface area contributed by atoms with Gasteiger partial charge in [-0.05, 0) is 119 Å². The van der Waals surface area contributed by atoms with Crippen LogP contribution in [-0.4, -0.2) is 162 Å². The number of nitrogens with one attached hydrogen (secondary N) is 4. The number of thiol groups is 1. The van der Waals surface area contributed by atoms with Gasteiger partial charge in [-0.25, -0.2) is 4.79 Å². The van der Waals surface area contributed by atoms with E-state index in [1.165, 1.54) is 66.8 Å². The van der Waals surface area contributed by atoms with Gasteiger partial charge in [-0.15, -0.1) is 0 Å². The summed E-state index contributed by atoms with van der Waals surface area (Å²) in [6, 6.07) is 42.6. The minimum atomic E-state index is -10.7. The Morgan fingerprint density at radius 3 is 1.10 bits per heavy atom. The molecule has 0 bridgehead atoms. The van der Waals surface area contributed by atoms with E-state index in [9.17, 15) is 80.3 Å². The second-order valence-corrected chi connectivity index (χ2v) is 35.2. The van der Waals surface area contributed by atoms with Crippen molar-refractivity contribution in [3.05, 3.63) is 218 Å². The second kappa shape index (κ2) is 52.7. The van der Waals surface area contributed by atoms with Crippen molar-refractivity contribution in [1.82, 2.24) is 16.0 Å². The Morgan fingerprint density at radius 2 is 0.756 bits per heavy atom. The minimum absolute atomic E-state index is 0.0338. The largest absolute Gasteiger partial charge is 0.487 e. The van der Waals surface area contributed by atoms with Crippen molar-refractivity contribution >= 4 is 69.4 Å². The zero-order valence-electron chi connectivity index (χ0n) is 68.1. The Morgan fingerprint density at radius 1 is 0.429 bits per heavy atom. The van der Waals surface area contributed by atoms with Crippen molar-refractivity contribution < 1.29 is 132 Å². The van der Waals surface area contributed by atoms with E-state index in [4.69, 9.17) is 53.1 Å². The van der Waals surface area contributed by atoms with Gasteiger partial charge < -0.3 is 79.1 Å². The summed E-state index contributed by atoms with van der Waals surface area (Å²) < 4.78 is 238. The Bertz CT molecular complexity index is 3680. The summed E-state index contributed by atoms with van der Waals surface area (Å²) >= 11 is 4.15. The average Bonchev–Trinajstić information content (AvgIpc) is 0.798. The van der Waals surface area contributed by atoms with E-state index in [1.807, 2.05) is 52.8 Å². The number of rotatable bonds is 23. The summed E-state index contributed by atoms with van der Waals surface area (Å²) in [5, 5.41) is 13.6. The molecule has 0 radical (unpaired) electrons. The van der Waals surface area contributed by atoms with Gasteiger partial charge in [-0.2, -0.15) is 12.6 Å². The number of hydrogen-bond donors (Lipinski definition) is 6. The van der Waals surface area contributed by atoms with Gasteiger partial charge in [-0.3, -0.25) is 0 Å². The smallest absolute Gasteiger partial charge is 0.404 e. The summed E-state index contributed by atoms with van der Waals surface area (Å²) in [5.74, 6) is 4.23. The molecule has 1 aliphatic heterocycles. The van der Waals surface area contributed by atoms with Crippen LogP contribution in [-0.2, 0) is 75.3 Å². The topological polar surface area (TPSA) is 193 Å². The molecule has 1 heterocycles. The Kier molecular flexibility index (Phi) is 49.2. The zero-order chi connectivity index (χ0) is 89.9. The normalized spacial score (nSPS) is 16.7.